The van der Waals surface area contributed by atoms with Gasteiger partial charge in [-0.2, -0.15) is 5.10 Å². The van der Waals surface area contributed by atoms with Crippen molar-refractivity contribution in [2.75, 3.05) is 11.1 Å². The molecule has 0 fully saturated rings. The van der Waals surface area contributed by atoms with Crippen LogP contribution in [0.1, 0.15) is 0 Å². The van der Waals surface area contributed by atoms with Gasteiger partial charge in [0.15, 0.2) is 5.76 Å². The third-order valence-electron chi connectivity index (χ3n) is 4.62. The summed E-state index contributed by atoms with van der Waals surface area (Å²) in [5, 5.41) is 6.87. The van der Waals surface area contributed by atoms with E-state index in [1.807, 2.05) is 0 Å². The van der Waals surface area contributed by atoms with Crippen LogP contribution in [-0.2, 0) is 25.4 Å². The second-order valence-corrected chi connectivity index (χ2v) is 6.58. The van der Waals surface area contributed by atoms with Gasteiger partial charge in [0.05, 0.1) is 17.3 Å². The molecule has 3 N–H and O–H groups in total. The van der Waals surface area contributed by atoms with Crippen LogP contribution >= 0.6 is 0 Å². The first-order valence-electron chi connectivity index (χ1n) is 8.72. The Morgan fingerprint density at radius 1 is 1.14 bits per heavy atom. The normalized spacial score (nSPS) is 11.1. The van der Waals surface area contributed by atoms with Gasteiger partial charge in [0.1, 0.15) is 17.9 Å². The van der Waals surface area contributed by atoms with Gasteiger partial charge in [-0.15, -0.1) is 0 Å². The first-order valence-corrected chi connectivity index (χ1v) is 8.72. The molecule has 0 unspecified atom stereocenters. The molecular weight excluding hydrogens is 376 g/mol. The van der Waals surface area contributed by atoms with Gasteiger partial charge >= 0.3 is 5.69 Å². The van der Waals surface area contributed by atoms with Crippen molar-refractivity contribution in [1.29, 1.82) is 0 Å². The van der Waals surface area contributed by atoms with Gasteiger partial charge in [0.25, 0.3) is 5.56 Å². The van der Waals surface area contributed by atoms with Crippen LogP contribution in [0, 0.1) is 0 Å². The highest BCUT2D eigenvalue weighted by Gasteiger charge is 2.14. The summed E-state index contributed by atoms with van der Waals surface area (Å²) in [6.45, 7) is -0.330. The molecule has 4 rings (SSSR count). The SMILES string of the molecule is Cn1c(=O)n(C)c2cc(NC(=O)Cn3nc(-c4ccco4)cc(N)c3=O)ccc21. The molecule has 1 aromatic carbocycles. The smallest absolute Gasteiger partial charge is 0.328 e. The van der Waals surface area contributed by atoms with E-state index in [4.69, 9.17) is 10.2 Å². The second-order valence-electron chi connectivity index (χ2n) is 6.58. The zero-order chi connectivity index (χ0) is 20.7. The zero-order valence-corrected chi connectivity index (χ0v) is 15.7. The van der Waals surface area contributed by atoms with Crippen molar-refractivity contribution >= 4 is 28.3 Å². The first kappa shape index (κ1) is 18.3. The Morgan fingerprint density at radius 3 is 2.62 bits per heavy atom. The number of fused-ring (bicyclic) bond motifs is 1. The Bertz CT molecular complexity index is 1340. The highest BCUT2D eigenvalue weighted by Crippen LogP contribution is 2.19. The van der Waals surface area contributed by atoms with Crippen LogP contribution < -0.4 is 22.3 Å². The number of anilines is 2. The molecule has 0 radical (unpaired) electrons. The van der Waals surface area contributed by atoms with Crippen LogP contribution in [-0.4, -0.2) is 24.8 Å². The highest BCUT2D eigenvalue weighted by molar-refractivity contribution is 5.93. The molecule has 0 spiro atoms. The lowest BCUT2D eigenvalue weighted by atomic mass is 10.2. The number of nitrogens with two attached hydrogens (primary N) is 1. The maximum Gasteiger partial charge on any atom is 0.328 e. The van der Waals surface area contributed by atoms with Crippen molar-refractivity contribution in [3.63, 3.8) is 0 Å². The number of nitrogen functional groups attached to an aromatic ring is 1. The van der Waals surface area contributed by atoms with Crippen molar-refractivity contribution in [3.05, 3.63) is 63.5 Å². The quantitative estimate of drug-likeness (QED) is 0.529. The lowest BCUT2D eigenvalue weighted by Crippen LogP contribution is -2.31. The molecule has 0 aliphatic rings. The van der Waals surface area contributed by atoms with Crippen molar-refractivity contribution in [3.8, 4) is 11.5 Å². The van der Waals surface area contributed by atoms with Gasteiger partial charge in [0.2, 0.25) is 5.91 Å². The fraction of sp³-hybridized carbons (Fsp3) is 0.158. The fourth-order valence-corrected chi connectivity index (χ4v) is 3.14. The van der Waals surface area contributed by atoms with E-state index < -0.39 is 11.5 Å². The molecule has 0 aliphatic carbocycles. The molecule has 29 heavy (non-hydrogen) atoms. The van der Waals surface area contributed by atoms with E-state index >= 15 is 0 Å². The predicted molar refractivity (Wildman–Crippen MR) is 107 cm³/mol. The van der Waals surface area contributed by atoms with Crippen molar-refractivity contribution in [1.82, 2.24) is 18.9 Å². The topological polar surface area (TPSA) is 130 Å². The predicted octanol–water partition coefficient (Wildman–Crippen LogP) is 0.915. The molecule has 0 atom stereocenters. The number of imidazole rings is 1. The van der Waals surface area contributed by atoms with E-state index in [2.05, 4.69) is 10.4 Å². The number of aryl methyl sites for hydroxylation is 2. The third-order valence-corrected chi connectivity index (χ3v) is 4.62. The van der Waals surface area contributed by atoms with Crippen LogP contribution in [0.5, 0.6) is 0 Å². The van der Waals surface area contributed by atoms with Crippen LogP contribution in [0.3, 0.4) is 0 Å². The number of nitrogens with one attached hydrogen (secondary N) is 1. The Morgan fingerprint density at radius 2 is 1.90 bits per heavy atom. The Hall–Kier alpha value is -4.08. The van der Waals surface area contributed by atoms with Gasteiger partial charge in [-0.1, -0.05) is 0 Å². The van der Waals surface area contributed by atoms with E-state index in [0.29, 0.717) is 22.7 Å². The van der Waals surface area contributed by atoms with Gasteiger partial charge in [-0.25, -0.2) is 9.48 Å². The number of carbonyl (C=O) groups is 1. The number of nitrogens with zero attached hydrogens (tertiary/aromatic N) is 4. The molecule has 0 bridgehead atoms. The summed E-state index contributed by atoms with van der Waals surface area (Å²) < 4.78 is 9.27. The number of aromatic nitrogens is 4. The summed E-state index contributed by atoms with van der Waals surface area (Å²) in [5.41, 5.74) is 7.25. The van der Waals surface area contributed by atoms with Gasteiger partial charge in [0, 0.05) is 19.8 Å². The molecule has 148 valence electrons. The lowest BCUT2D eigenvalue weighted by molar-refractivity contribution is -0.117. The summed E-state index contributed by atoms with van der Waals surface area (Å²) in [7, 11) is 3.33. The summed E-state index contributed by atoms with van der Waals surface area (Å²) in [6.07, 6.45) is 1.47. The molecule has 0 saturated carbocycles. The van der Waals surface area contributed by atoms with Gasteiger partial charge < -0.3 is 15.5 Å². The Kier molecular flexibility index (Phi) is 4.30. The number of amides is 1. The molecular formula is C19H18N6O4. The molecule has 1 amide bonds. The fourth-order valence-electron chi connectivity index (χ4n) is 3.14. The third kappa shape index (κ3) is 3.20. The largest absolute Gasteiger partial charge is 0.463 e. The average Bonchev–Trinajstić information content (AvgIpc) is 3.30. The molecule has 0 aliphatic heterocycles. The van der Waals surface area contributed by atoms with E-state index in [1.54, 1.807) is 44.4 Å². The maximum absolute atomic E-state index is 12.5. The van der Waals surface area contributed by atoms with Crippen LogP contribution in [0.25, 0.3) is 22.5 Å². The summed E-state index contributed by atoms with van der Waals surface area (Å²) in [4.78, 5) is 36.8. The molecule has 0 saturated heterocycles. The monoisotopic (exact) mass is 394 g/mol. The second kappa shape index (κ2) is 6.82. The maximum atomic E-state index is 12.5. The molecule has 10 nitrogen and oxygen atoms in total. The van der Waals surface area contributed by atoms with Gasteiger partial charge in [-0.3, -0.25) is 18.7 Å². The van der Waals surface area contributed by atoms with E-state index in [1.165, 1.54) is 21.5 Å². The van der Waals surface area contributed by atoms with Crippen molar-refractivity contribution in [2.24, 2.45) is 14.1 Å². The number of carbonyl (C=O) groups excluding carboxylic acids is 1. The zero-order valence-electron chi connectivity index (χ0n) is 15.7. The van der Waals surface area contributed by atoms with Crippen molar-refractivity contribution in [2.45, 2.75) is 6.54 Å². The van der Waals surface area contributed by atoms with Crippen LogP contribution in [0.15, 0.2) is 56.7 Å². The number of hydrogen-bond donors (Lipinski definition) is 2. The summed E-state index contributed by atoms with van der Waals surface area (Å²) >= 11 is 0. The Labute approximate surface area is 163 Å². The standard InChI is InChI=1S/C19H18N6O4/c1-23-14-6-5-11(8-15(14)24(2)19(23)28)21-17(26)10-25-18(27)12(20)9-13(22-25)16-4-3-7-29-16/h3-9H,10,20H2,1-2H3,(H,21,26). The molecule has 3 aromatic heterocycles. The number of rotatable bonds is 4. The number of hydrogen-bond acceptors (Lipinski definition) is 6. The Balaban J connectivity index is 1.60. The van der Waals surface area contributed by atoms with E-state index in [-0.39, 0.29) is 17.9 Å². The van der Waals surface area contributed by atoms with Gasteiger partial charge in [-0.05, 0) is 36.4 Å². The first-order chi connectivity index (χ1) is 13.8. The minimum Gasteiger partial charge on any atom is -0.463 e. The van der Waals surface area contributed by atoms with E-state index in [9.17, 15) is 14.4 Å². The minimum absolute atomic E-state index is 0.0418. The molecule has 3 heterocycles. The minimum atomic E-state index is -0.573. The van der Waals surface area contributed by atoms with E-state index in [0.717, 1.165) is 10.2 Å². The average molecular weight is 394 g/mol. The number of benzene rings is 1. The van der Waals surface area contributed by atoms with Crippen LogP contribution in [0.4, 0.5) is 11.4 Å². The highest BCUT2D eigenvalue weighted by atomic mass is 16.3. The summed E-state index contributed by atoms with van der Waals surface area (Å²) in [6, 6.07) is 9.88. The lowest BCUT2D eigenvalue weighted by Gasteiger charge is -2.09. The van der Waals surface area contributed by atoms with Crippen molar-refractivity contribution < 1.29 is 9.21 Å². The summed E-state index contributed by atoms with van der Waals surface area (Å²) in [5.74, 6) is -0.0304. The molecule has 4 aromatic rings. The molecule has 10 heteroatoms. The number of furan rings is 1. The van der Waals surface area contributed by atoms with Crippen LogP contribution in [0.2, 0.25) is 0 Å².